The fourth-order valence-corrected chi connectivity index (χ4v) is 4.49. The summed E-state index contributed by atoms with van der Waals surface area (Å²) >= 11 is 6.07. The zero-order valence-corrected chi connectivity index (χ0v) is 14.3. The van der Waals surface area contributed by atoms with Gasteiger partial charge in [0.15, 0.2) is 10.7 Å². The van der Waals surface area contributed by atoms with Gasteiger partial charge in [-0.15, -0.1) is 0 Å². The molecule has 0 saturated carbocycles. The second kappa shape index (κ2) is 5.47. The topological polar surface area (TPSA) is 90.5 Å². The molecule has 0 saturated heterocycles. The van der Waals surface area contributed by atoms with E-state index in [1.54, 1.807) is 29.8 Å². The number of sulfonamides is 1. The summed E-state index contributed by atoms with van der Waals surface area (Å²) in [5, 5.41) is 4.84. The van der Waals surface area contributed by atoms with E-state index >= 15 is 0 Å². The number of nitrogens with one attached hydrogen (secondary N) is 1. The van der Waals surface area contributed by atoms with Gasteiger partial charge < -0.3 is 4.74 Å². The highest BCUT2D eigenvalue weighted by molar-refractivity contribution is 7.92. The molecule has 0 aromatic carbocycles. The number of halogens is 1. The molecule has 1 aliphatic rings. The van der Waals surface area contributed by atoms with Crippen LogP contribution in [0.1, 0.15) is 11.3 Å². The fourth-order valence-electron chi connectivity index (χ4n) is 2.87. The minimum absolute atomic E-state index is 0.106. The summed E-state index contributed by atoms with van der Waals surface area (Å²) in [5.41, 5.74) is 1.83. The number of rotatable bonds is 3. The third-order valence-electron chi connectivity index (χ3n) is 3.88. The van der Waals surface area contributed by atoms with Crippen LogP contribution in [-0.2, 0) is 34.8 Å². The number of ether oxygens (including phenoxy) is 1. The summed E-state index contributed by atoms with van der Waals surface area (Å²) in [6.45, 7) is 0.779. The van der Waals surface area contributed by atoms with Crippen molar-refractivity contribution in [1.29, 1.82) is 0 Å². The van der Waals surface area contributed by atoms with Gasteiger partial charge in [-0.25, -0.2) is 4.98 Å². The number of nitrogens with zero attached hydrogens (tertiary/aromatic N) is 4. The van der Waals surface area contributed by atoms with Gasteiger partial charge in [-0.2, -0.15) is 13.5 Å². The molecule has 1 aliphatic heterocycles. The van der Waals surface area contributed by atoms with E-state index in [1.165, 1.54) is 10.9 Å². The number of hydrogen-bond donors (Lipinski definition) is 1. The standard InChI is InChI=1S/C14H14ClN5O3S/c1-19-14(9-8-23-6-4-11(9)17-19)24(21,22)18-12-7-16-13-10(15)3-2-5-20(12)13/h2-3,5,7,18H,4,6,8H2,1H3. The normalized spacial score (nSPS) is 14.8. The van der Waals surface area contributed by atoms with E-state index in [-0.39, 0.29) is 11.6 Å². The molecule has 0 atom stereocenters. The van der Waals surface area contributed by atoms with Crippen LogP contribution in [-0.4, -0.2) is 34.2 Å². The fraction of sp³-hybridized carbons (Fsp3) is 0.286. The van der Waals surface area contributed by atoms with Gasteiger partial charge in [-0.05, 0) is 12.1 Å². The van der Waals surface area contributed by atoms with Gasteiger partial charge in [0.25, 0.3) is 10.0 Å². The molecule has 0 bridgehead atoms. The summed E-state index contributed by atoms with van der Waals surface area (Å²) in [4.78, 5) is 4.15. The van der Waals surface area contributed by atoms with Crippen LogP contribution in [0.3, 0.4) is 0 Å². The summed E-state index contributed by atoms with van der Waals surface area (Å²) in [7, 11) is -2.24. The van der Waals surface area contributed by atoms with E-state index in [0.29, 0.717) is 35.1 Å². The number of aromatic nitrogens is 4. The summed E-state index contributed by atoms with van der Waals surface area (Å²) < 4.78 is 36.7. The van der Waals surface area contributed by atoms with Crippen molar-refractivity contribution in [2.24, 2.45) is 7.05 Å². The van der Waals surface area contributed by atoms with Crippen LogP contribution in [0.2, 0.25) is 5.02 Å². The van der Waals surface area contributed by atoms with Gasteiger partial charge in [0, 0.05) is 25.2 Å². The molecule has 4 rings (SSSR count). The van der Waals surface area contributed by atoms with Crippen LogP contribution in [0.5, 0.6) is 0 Å². The van der Waals surface area contributed by atoms with Crippen LogP contribution < -0.4 is 4.72 Å². The molecule has 126 valence electrons. The Morgan fingerprint density at radius 2 is 2.25 bits per heavy atom. The number of pyridine rings is 1. The quantitative estimate of drug-likeness (QED) is 0.759. The third-order valence-corrected chi connectivity index (χ3v) is 5.67. The zero-order valence-electron chi connectivity index (χ0n) is 12.7. The van der Waals surface area contributed by atoms with E-state index in [0.717, 1.165) is 5.69 Å². The van der Waals surface area contributed by atoms with Crippen LogP contribution in [0.4, 0.5) is 5.82 Å². The molecule has 8 nitrogen and oxygen atoms in total. The first-order chi connectivity index (χ1) is 11.5. The Hall–Kier alpha value is -2.10. The molecule has 0 aliphatic carbocycles. The molecule has 0 spiro atoms. The van der Waals surface area contributed by atoms with Crippen molar-refractivity contribution in [2.75, 3.05) is 11.3 Å². The second-order valence-electron chi connectivity index (χ2n) is 5.46. The maximum absolute atomic E-state index is 12.9. The molecule has 4 heterocycles. The Morgan fingerprint density at radius 3 is 3.08 bits per heavy atom. The van der Waals surface area contributed by atoms with Crippen LogP contribution in [0, 0.1) is 0 Å². The van der Waals surface area contributed by atoms with Gasteiger partial charge in [0.2, 0.25) is 0 Å². The maximum Gasteiger partial charge on any atom is 0.280 e. The average Bonchev–Trinajstić information content (AvgIpc) is 3.08. The molecule has 0 radical (unpaired) electrons. The minimum atomic E-state index is -3.85. The first-order valence-electron chi connectivity index (χ1n) is 7.24. The summed E-state index contributed by atoms with van der Waals surface area (Å²) in [6, 6.07) is 3.41. The lowest BCUT2D eigenvalue weighted by Gasteiger charge is -2.13. The van der Waals surface area contributed by atoms with Gasteiger partial charge in [-0.3, -0.25) is 13.8 Å². The average molecular weight is 368 g/mol. The number of anilines is 1. The van der Waals surface area contributed by atoms with E-state index in [4.69, 9.17) is 16.3 Å². The molecule has 24 heavy (non-hydrogen) atoms. The largest absolute Gasteiger partial charge is 0.376 e. The van der Waals surface area contributed by atoms with Crippen molar-refractivity contribution in [3.63, 3.8) is 0 Å². The Labute approximate surface area is 143 Å². The molecule has 3 aromatic heterocycles. The predicted molar refractivity (Wildman–Crippen MR) is 87.6 cm³/mol. The number of imidazole rings is 1. The lowest BCUT2D eigenvalue weighted by molar-refractivity contribution is 0.108. The molecule has 0 fully saturated rings. The Morgan fingerprint density at radius 1 is 1.42 bits per heavy atom. The third kappa shape index (κ3) is 2.36. The van der Waals surface area contributed by atoms with Crippen LogP contribution in [0.15, 0.2) is 29.6 Å². The van der Waals surface area contributed by atoms with Crippen LogP contribution >= 0.6 is 11.6 Å². The molecule has 1 N–H and O–H groups in total. The predicted octanol–water partition coefficient (Wildman–Crippen LogP) is 1.59. The molecule has 0 unspecified atom stereocenters. The summed E-state index contributed by atoms with van der Waals surface area (Å²) in [6.07, 6.45) is 3.72. The first kappa shape index (κ1) is 15.4. The van der Waals surface area contributed by atoms with E-state index in [1.807, 2.05) is 0 Å². The highest BCUT2D eigenvalue weighted by Gasteiger charge is 2.29. The number of aryl methyl sites for hydroxylation is 1. The van der Waals surface area contributed by atoms with Crippen molar-refractivity contribution in [1.82, 2.24) is 19.2 Å². The zero-order chi connectivity index (χ0) is 16.9. The highest BCUT2D eigenvalue weighted by Crippen LogP contribution is 2.27. The number of hydrogen-bond acceptors (Lipinski definition) is 5. The van der Waals surface area contributed by atoms with Gasteiger partial charge in [-0.1, -0.05) is 11.6 Å². The van der Waals surface area contributed by atoms with Crippen LogP contribution in [0.25, 0.3) is 5.65 Å². The maximum atomic E-state index is 12.9. The second-order valence-corrected chi connectivity index (χ2v) is 7.46. The smallest absolute Gasteiger partial charge is 0.280 e. The van der Waals surface area contributed by atoms with E-state index in [9.17, 15) is 8.42 Å². The molecule has 3 aromatic rings. The number of fused-ring (bicyclic) bond motifs is 2. The van der Waals surface area contributed by atoms with E-state index < -0.39 is 10.0 Å². The molecule has 10 heteroatoms. The van der Waals surface area contributed by atoms with Crippen molar-refractivity contribution in [3.8, 4) is 0 Å². The van der Waals surface area contributed by atoms with E-state index in [2.05, 4.69) is 14.8 Å². The Balaban J connectivity index is 1.79. The SMILES string of the molecule is Cn1nc2c(c1S(=O)(=O)Nc1cnc3c(Cl)cccn13)COCC2. The van der Waals surface area contributed by atoms with Crippen molar-refractivity contribution in [2.45, 2.75) is 18.1 Å². The van der Waals surface area contributed by atoms with Gasteiger partial charge in [0.05, 0.1) is 30.1 Å². The van der Waals surface area contributed by atoms with Crippen molar-refractivity contribution < 1.29 is 13.2 Å². The summed E-state index contributed by atoms with van der Waals surface area (Å²) in [5.74, 6) is 0.305. The Bertz CT molecular complexity index is 1040. The van der Waals surface area contributed by atoms with Gasteiger partial charge >= 0.3 is 0 Å². The monoisotopic (exact) mass is 367 g/mol. The Kier molecular flexibility index (Phi) is 3.52. The molecule has 0 amide bonds. The van der Waals surface area contributed by atoms with Crippen molar-refractivity contribution in [3.05, 3.63) is 40.8 Å². The van der Waals surface area contributed by atoms with Crippen molar-refractivity contribution >= 4 is 33.1 Å². The van der Waals surface area contributed by atoms with Gasteiger partial charge in [0.1, 0.15) is 5.82 Å². The molecular weight excluding hydrogens is 354 g/mol. The lowest BCUT2D eigenvalue weighted by Crippen LogP contribution is -2.20. The first-order valence-corrected chi connectivity index (χ1v) is 9.10. The lowest BCUT2D eigenvalue weighted by atomic mass is 10.2. The highest BCUT2D eigenvalue weighted by atomic mass is 35.5. The minimum Gasteiger partial charge on any atom is -0.376 e. The molecular formula is C14H14ClN5O3S.